The molecule has 108 valence electrons. The fourth-order valence-electron chi connectivity index (χ4n) is 1.59. The fraction of sp³-hybridized carbons (Fsp3) is 0.333. The number of benzene rings is 1. The lowest BCUT2D eigenvalue weighted by molar-refractivity contribution is 0.491. The van der Waals surface area contributed by atoms with Crippen LogP contribution in [0, 0.1) is 0 Å². The molecule has 0 aliphatic rings. The molecular formula is C12H16N4O2S2. The molecule has 0 saturated carbocycles. The Hall–Kier alpha value is -1.51. The molecular weight excluding hydrogens is 296 g/mol. The largest absolute Gasteiger partial charge is 0.367 e. The quantitative estimate of drug-likeness (QED) is 0.901. The summed E-state index contributed by atoms with van der Waals surface area (Å²) < 4.78 is 30.8. The van der Waals surface area contributed by atoms with Crippen LogP contribution in [0.4, 0.5) is 5.95 Å². The number of hydrogen-bond acceptors (Lipinski definition) is 6. The summed E-state index contributed by atoms with van der Waals surface area (Å²) in [4.78, 5) is 4.27. The molecule has 0 fully saturated rings. The van der Waals surface area contributed by atoms with Crippen LogP contribution >= 0.6 is 11.5 Å². The highest BCUT2D eigenvalue weighted by molar-refractivity contribution is 7.89. The van der Waals surface area contributed by atoms with E-state index < -0.39 is 15.6 Å². The topological polar surface area (TPSA) is 98.0 Å². The number of sulfonamides is 1. The summed E-state index contributed by atoms with van der Waals surface area (Å²) in [5.41, 5.74) is 5.73. The molecule has 0 atom stereocenters. The highest BCUT2D eigenvalue weighted by atomic mass is 32.2. The summed E-state index contributed by atoms with van der Waals surface area (Å²) in [6.45, 7) is 5.38. The lowest BCUT2D eigenvalue weighted by Gasteiger charge is -2.20. The van der Waals surface area contributed by atoms with Gasteiger partial charge in [-0.3, -0.25) is 0 Å². The number of nitrogen functional groups attached to an aromatic ring is 1. The predicted octanol–water partition coefficient (Wildman–Crippen LogP) is 1.86. The molecule has 8 heteroatoms. The van der Waals surface area contributed by atoms with E-state index in [2.05, 4.69) is 14.1 Å². The van der Waals surface area contributed by atoms with Crippen molar-refractivity contribution in [1.82, 2.24) is 14.1 Å². The highest BCUT2D eigenvalue weighted by Crippen LogP contribution is 2.24. The second-order valence-corrected chi connectivity index (χ2v) is 7.77. The van der Waals surface area contributed by atoms with Gasteiger partial charge in [0.15, 0.2) is 0 Å². The minimum Gasteiger partial charge on any atom is -0.367 e. The van der Waals surface area contributed by atoms with Crippen LogP contribution in [-0.2, 0) is 10.0 Å². The molecule has 3 N–H and O–H groups in total. The first-order valence-corrected chi connectivity index (χ1v) is 8.17. The van der Waals surface area contributed by atoms with Crippen molar-refractivity contribution in [2.75, 3.05) is 5.73 Å². The Morgan fingerprint density at radius 2 is 1.80 bits per heavy atom. The molecule has 2 rings (SSSR count). The zero-order chi connectivity index (χ0) is 15.0. The first kappa shape index (κ1) is 14.9. The Balaban J connectivity index is 2.29. The van der Waals surface area contributed by atoms with Crippen molar-refractivity contribution in [2.24, 2.45) is 0 Å². The molecule has 20 heavy (non-hydrogen) atoms. The fourth-order valence-corrected chi connectivity index (χ4v) is 3.61. The second-order valence-electron chi connectivity index (χ2n) is 5.34. The van der Waals surface area contributed by atoms with Gasteiger partial charge in [0.25, 0.3) is 0 Å². The third-order valence-corrected chi connectivity index (χ3v) is 4.85. The standard InChI is InChI=1S/C12H16N4O2S2/c1-12(2,3)16-20(17,18)9-6-4-8(5-7-9)10-14-11(13)15-19-10/h4-7,16H,1-3H3,(H2,13,15). The van der Waals surface area contributed by atoms with Crippen LogP contribution in [-0.4, -0.2) is 23.3 Å². The normalized spacial score (nSPS) is 12.6. The molecule has 0 aliphatic heterocycles. The number of anilines is 1. The SMILES string of the molecule is CC(C)(C)NS(=O)(=O)c1ccc(-c2nc(N)ns2)cc1. The summed E-state index contributed by atoms with van der Waals surface area (Å²) in [5.74, 6) is 0.219. The molecule has 0 aliphatic carbocycles. The van der Waals surface area contributed by atoms with Crippen LogP contribution in [0.5, 0.6) is 0 Å². The molecule has 6 nitrogen and oxygen atoms in total. The van der Waals surface area contributed by atoms with E-state index in [1.807, 2.05) is 0 Å². The molecule has 1 heterocycles. The van der Waals surface area contributed by atoms with Crippen LogP contribution in [0.15, 0.2) is 29.2 Å². The van der Waals surface area contributed by atoms with Crippen LogP contribution in [0.25, 0.3) is 10.6 Å². The third-order valence-electron chi connectivity index (χ3n) is 2.29. The molecule has 2 aromatic rings. The van der Waals surface area contributed by atoms with Gasteiger partial charge in [0, 0.05) is 11.1 Å². The van der Waals surface area contributed by atoms with E-state index in [1.54, 1.807) is 45.0 Å². The van der Waals surface area contributed by atoms with E-state index in [1.165, 1.54) is 11.5 Å². The Morgan fingerprint density at radius 1 is 1.20 bits per heavy atom. The number of aromatic nitrogens is 2. The Morgan fingerprint density at radius 3 is 2.25 bits per heavy atom. The van der Waals surface area contributed by atoms with Gasteiger partial charge in [0.05, 0.1) is 4.90 Å². The Labute approximate surface area is 122 Å². The van der Waals surface area contributed by atoms with Crippen LogP contribution in [0.1, 0.15) is 20.8 Å². The monoisotopic (exact) mass is 312 g/mol. The smallest absolute Gasteiger partial charge is 0.241 e. The maximum atomic E-state index is 12.1. The molecule has 0 bridgehead atoms. The molecule has 0 saturated heterocycles. The zero-order valence-corrected chi connectivity index (χ0v) is 13.0. The van der Waals surface area contributed by atoms with Gasteiger partial charge in [-0.15, -0.1) is 0 Å². The average Bonchev–Trinajstić information content (AvgIpc) is 2.73. The van der Waals surface area contributed by atoms with E-state index in [4.69, 9.17) is 5.73 Å². The maximum Gasteiger partial charge on any atom is 0.241 e. The van der Waals surface area contributed by atoms with Gasteiger partial charge in [0.1, 0.15) is 5.01 Å². The van der Waals surface area contributed by atoms with Crippen molar-refractivity contribution in [3.63, 3.8) is 0 Å². The van der Waals surface area contributed by atoms with Crippen molar-refractivity contribution in [3.05, 3.63) is 24.3 Å². The van der Waals surface area contributed by atoms with Crippen molar-refractivity contribution >= 4 is 27.5 Å². The van der Waals surface area contributed by atoms with Crippen molar-refractivity contribution in [2.45, 2.75) is 31.2 Å². The van der Waals surface area contributed by atoms with E-state index in [9.17, 15) is 8.42 Å². The van der Waals surface area contributed by atoms with E-state index in [0.29, 0.717) is 5.01 Å². The number of hydrogen-bond donors (Lipinski definition) is 2. The summed E-state index contributed by atoms with van der Waals surface area (Å²) >= 11 is 1.17. The van der Waals surface area contributed by atoms with Gasteiger partial charge in [-0.2, -0.15) is 9.36 Å². The highest BCUT2D eigenvalue weighted by Gasteiger charge is 2.21. The minimum atomic E-state index is -3.52. The predicted molar refractivity (Wildman–Crippen MR) is 79.8 cm³/mol. The third kappa shape index (κ3) is 3.53. The first-order valence-electron chi connectivity index (χ1n) is 5.91. The van der Waals surface area contributed by atoms with Gasteiger partial charge >= 0.3 is 0 Å². The lowest BCUT2D eigenvalue weighted by Crippen LogP contribution is -2.40. The zero-order valence-electron chi connectivity index (χ0n) is 11.4. The first-order chi connectivity index (χ1) is 9.17. The van der Waals surface area contributed by atoms with Crippen LogP contribution in [0.3, 0.4) is 0 Å². The molecule has 0 unspecified atom stereocenters. The summed E-state index contributed by atoms with van der Waals surface area (Å²) in [7, 11) is -3.52. The van der Waals surface area contributed by atoms with Gasteiger partial charge in [-0.1, -0.05) is 12.1 Å². The van der Waals surface area contributed by atoms with Gasteiger partial charge in [-0.25, -0.2) is 13.1 Å². The van der Waals surface area contributed by atoms with Crippen LogP contribution in [0.2, 0.25) is 0 Å². The Bertz CT molecular complexity index is 700. The number of nitrogens with two attached hydrogens (primary N) is 1. The van der Waals surface area contributed by atoms with Crippen LogP contribution < -0.4 is 10.5 Å². The van der Waals surface area contributed by atoms with Gasteiger partial charge < -0.3 is 5.73 Å². The average molecular weight is 312 g/mol. The molecule has 0 radical (unpaired) electrons. The van der Waals surface area contributed by atoms with Gasteiger partial charge in [-0.05, 0) is 44.4 Å². The summed E-state index contributed by atoms with van der Waals surface area (Å²) in [5, 5.41) is 0.662. The van der Waals surface area contributed by atoms with E-state index in [-0.39, 0.29) is 10.8 Å². The summed E-state index contributed by atoms with van der Waals surface area (Å²) in [6.07, 6.45) is 0. The molecule has 1 aromatic carbocycles. The number of nitrogens with one attached hydrogen (secondary N) is 1. The van der Waals surface area contributed by atoms with E-state index in [0.717, 1.165) is 5.56 Å². The van der Waals surface area contributed by atoms with Crippen molar-refractivity contribution in [3.8, 4) is 10.6 Å². The van der Waals surface area contributed by atoms with Gasteiger partial charge in [0.2, 0.25) is 16.0 Å². The summed E-state index contributed by atoms with van der Waals surface area (Å²) in [6, 6.07) is 6.47. The molecule has 1 aromatic heterocycles. The molecule has 0 amide bonds. The lowest BCUT2D eigenvalue weighted by atomic mass is 10.1. The van der Waals surface area contributed by atoms with Crippen molar-refractivity contribution in [1.29, 1.82) is 0 Å². The van der Waals surface area contributed by atoms with E-state index >= 15 is 0 Å². The minimum absolute atomic E-state index is 0.216. The number of rotatable bonds is 3. The number of nitrogens with zero attached hydrogens (tertiary/aromatic N) is 2. The van der Waals surface area contributed by atoms with Crippen molar-refractivity contribution < 1.29 is 8.42 Å². The Kier molecular flexibility index (Phi) is 3.81. The second kappa shape index (κ2) is 5.12. The maximum absolute atomic E-state index is 12.1. The molecule has 0 spiro atoms.